The molecule has 1 saturated heterocycles. The van der Waals surface area contributed by atoms with Crippen molar-refractivity contribution >= 4 is 10.9 Å². The number of aromatic hydroxyl groups is 1. The number of pyridine rings is 1. The Balaban J connectivity index is 1.33. The number of hydrogen-bond donors (Lipinski definition) is 1. The van der Waals surface area contributed by atoms with Gasteiger partial charge in [0, 0.05) is 50.9 Å². The molecule has 0 radical (unpaired) electrons. The van der Waals surface area contributed by atoms with Crippen molar-refractivity contribution in [3.8, 4) is 5.75 Å². The minimum atomic E-state index is 0.395. The average Bonchev–Trinajstić information content (AvgIpc) is 2.66. The molecule has 1 aliphatic heterocycles. The van der Waals surface area contributed by atoms with Crippen molar-refractivity contribution in [1.82, 2.24) is 14.8 Å². The molecule has 2 heterocycles. The third-order valence-electron chi connectivity index (χ3n) is 5.22. The van der Waals surface area contributed by atoms with E-state index < -0.39 is 0 Å². The zero-order valence-corrected chi connectivity index (χ0v) is 15.2. The molecule has 0 bridgehead atoms. The predicted octanol–water partition coefficient (Wildman–Crippen LogP) is 3.57. The number of aryl methyl sites for hydroxylation is 1. The van der Waals surface area contributed by atoms with Crippen LogP contribution in [0.3, 0.4) is 0 Å². The van der Waals surface area contributed by atoms with Crippen LogP contribution in [0.15, 0.2) is 54.7 Å². The maximum Gasteiger partial charge on any atom is 0.118 e. The smallest absolute Gasteiger partial charge is 0.118 e. The van der Waals surface area contributed by atoms with Gasteiger partial charge >= 0.3 is 0 Å². The third kappa shape index (κ3) is 3.87. The summed E-state index contributed by atoms with van der Waals surface area (Å²) >= 11 is 0. The summed E-state index contributed by atoms with van der Waals surface area (Å²) in [5.74, 6) is 0.395. The molecule has 1 fully saturated rings. The van der Waals surface area contributed by atoms with Gasteiger partial charge in [-0.05, 0) is 47.9 Å². The van der Waals surface area contributed by atoms with Gasteiger partial charge in [0.2, 0.25) is 0 Å². The van der Waals surface area contributed by atoms with Gasteiger partial charge in [0.15, 0.2) is 0 Å². The molecule has 3 aromatic rings. The molecule has 0 amide bonds. The van der Waals surface area contributed by atoms with Crippen LogP contribution >= 0.6 is 0 Å². The predicted molar refractivity (Wildman–Crippen MR) is 105 cm³/mol. The van der Waals surface area contributed by atoms with E-state index in [0.717, 1.165) is 50.3 Å². The van der Waals surface area contributed by atoms with E-state index in [2.05, 4.69) is 45.1 Å². The molecule has 4 nitrogen and oxygen atoms in total. The minimum Gasteiger partial charge on any atom is -0.508 e. The number of rotatable bonds is 4. The van der Waals surface area contributed by atoms with E-state index in [4.69, 9.17) is 0 Å². The summed E-state index contributed by atoms with van der Waals surface area (Å²) in [4.78, 5) is 9.37. The van der Waals surface area contributed by atoms with Gasteiger partial charge in [0.1, 0.15) is 5.75 Å². The van der Waals surface area contributed by atoms with Gasteiger partial charge in [-0.2, -0.15) is 0 Å². The van der Waals surface area contributed by atoms with E-state index in [1.807, 2.05) is 31.3 Å². The first kappa shape index (κ1) is 17.0. The molecule has 4 rings (SSSR count). The summed E-state index contributed by atoms with van der Waals surface area (Å²) in [5, 5.41) is 11.1. The number of benzene rings is 2. The third-order valence-corrected chi connectivity index (χ3v) is 5.22. The van der Waals surface area contributed by atoms with E-state index in [1.165, 1.54) is 16.5 Å². The van der Waals surface area contributed by atoms with Gasteiger partial charge in [0.05, 0.1) is 5.52 Å². The van der Waals surface area contributed by atoms with E-state index >= 15 is 0 Å². The van der Waals surface area contributed by atoms with Crippen LogP contribution in [-0.2, 0) is 13.1 Å². The number of hydrogen-bond acceptors (Lipinski definition) is 4. The fraction of sp³-hybridized carbons (Fsp3) is 0.318. The van der Waals surface area contributed by atoms with E-state index in [9.17, 15) is 5.11 Å². The lowest BCUT2D eigenvalue weighted by molar-refractivity contribution is 0.122. The molecule has 0 unspecified atom stereocenters. The number of phenolic OH excluding ortho intramolecular Hbond substituents is 1. The Kier molecular flexibility index (Phi) is 4.87. The second kappa shape index (κ2) is 7.44. The molecule has 134 valence electrons. The fourth-order valence-electron chi connectivity index (χ4n) is 3.60. The maximum atomic E-state index is 9.88. The van der Waals surface area contributed by atoms with Crippen molar-refractivity contribution in [2.24, 2.45) is 0 Å². The molecule has 1 N–H and O–H groups in total. The average molecular weight is 347 g/mol. The van der Waals surface area contributed by atoms with Gasteiger partial charge < -0.3 is 5.11 Å². The highest BCUT2D eigenvalue weighted by Crippen LogP contribution is 2.20. The normalized spacial score (nSPS) is 16.2. The first-order chi connectivity index (χ1) is 12.7. The number of nitrogens with zero attached hydrogens (tertiary/aromatic N) is 3. The molecule has 4 heteroatoms. The molecule has 0 saturated carbocycles. The summed E-state index contributed by atoms with van der Waals surface area (Å²) in [7, 11) is 0. The number of aromatic nitrogens is 1. The second-order valence-corrected chi connectivity index (χ2v) is 7.20. The van der Waals surface area contributed by atoms with Gasteiger partial charge in [-0.15, -0.1) is 0 Å². The number of phenols is 1. The zero-order valence-electron chi connectivity index (χ0n) is 15.2. The molecule has 1 aromatic heterocycles. The highest BCUT2D eigenvalue weighted by atomic mass is 16.3. The topological polar surface area (TPSA) is 39.6 Å². The van der Waals surface area contributed by atoms with Gasteiger partial charge in [0.25, 0.3) is 0 Å². The monoisotopic (exact) mass is 347 g/mol. The van der Waals surface area contributed by atoms with Crippen LogP contribution in [-0.4, -0.2) is 46.1 Å². The van der Waals surface area contributed by atoms with Crippen molar-refractivity contribution in [3.05, 3.63) is 71.4 Å². The Labute approximate surface area is 154 Å². The molecule has 1 aliphatic rings. The summed E-state index contributed by atoms with van der Waals surface area (Å²) in [6, 6.07) is 16.7. The largest absolute Gasteiger partial charge is 0.508 e. The molecule has 2 aromatic carbocycles. The Morgan fingerprint density at radius 1 is 0.885 bits per heavy atom. The summed E-state index contributed by atoms with van der Waals surface area (Å²) in [6.45, 7) is 8.09. The van der Waals surface area contributed by atoms with Gasteiger partial charge in [-0.1, -0.05) is 24.3 Å². The lowest BCUT2D eigenvalue weighted by atomic mass is 10.1. The standard InChI is InChI=1S/C22H25N3O/c1-17-4-5-19(14-22(17)26)16-25-11-9-24(10-12-25)15-18-6-7-21-20(13-18)3-2-8-23-21/h2-8,13-14,26H,9-12,15-16H2,1H3. The zero-order chi connectivity index (χ0) is 17.9. The van der Waals surface area contributed by atoms with Gasteiger partial charge in [-0.25, -0.2) is 0 Å². The van der Waals surface area contributed by atoms with E-state index in [1.54, 1.807) is 0 Å². The highest BCUT2D eigenvalue weighted by molar-refractivity contribution is 5.78. The SMILES string of the molecule is Cc1ccc(CN2CCN(Cc3ccc4ncccc4c3)CC2)cc1O. The molecule has 0 atom stereocenters. The number of piperazine rings is 1. The first-order valence-electron chi connectivity index (χ1n) is 9.24. The Morgan fingerprint density at radius 2 is 1.54 bits per heavy atom. The fourth-order valence-corrected chi connectivity index (χ4v) is 3.60. The summed E-state index contributed by atoms with van der Waals surface area (Å²) < 4.78 is 0. The van der Waals surface area contributed by atoms with Crippen LogP contribution in [0.4, 0.5) is 0 Å². The lowest BCUT2D eigenvalue weighted by Gasteiger charge is -2.34. The van der Waals surface area contributed by atoms with Crippen LogP contribution in [0, 0.1) is 6.92 Å². The van der Waals surface area contributed by atoms with Crippen LogP contribution < -0.4 is 0 Å². The van der Waals surface area contributed by atoms with Crippen molar-refractivity contribution in [3.63, 3.8) is 0 Å². The molecule has 0 spiro atoms. The Morgan fingerprint density at radius 3 is 2.23 bits per heavy atom. The summed E-state index contributed by atoms with van der Waals surface area (Å²) in [6.07, 6.45) is 1.84. The van der Waals surface area contributed by atoms with E-state index in [0.29, 0.717) is 5.75 Å². The van der Waals surface area contributed by atoms with E-state index in [-0.39, 0.29) is 0 Å². The van der Waals surface area contributed by atoms with Gasteiger partial charge in [-0.3, -0.25) is 14.8 Å². The number of fused-ring (bicyclic) bond motifs is 1. The van der Waals surface area contributed by atoms with Crippen molar-refractivity contribution in [2.45, 2.75) is 20.0 Å². The van der Waals surface area contributed by atoms with Crippen molar-refractivity contribution < 1.29 is 5.11 Å². The molecular weight excluding hydrogens is 322 g/mol. The molecule has 0 aliphatic carbocycles. The van der Waals surface area contributed by atoms with Crippen LogP contribution in [0.25, 0.3) is 10.9 Å². The first-order valence-corrected chi connectivity index (χ1v) is 9.24. The van der Waals surface area contributed by atoms with Crippen LogP contribution in [0.2, 0.25) is 0 Å². The van der Waals surface area contributed by atoms with Crippen LogP contribution in [0.1, 0.15) is 16.7 Å². The van der Waals surface area contributed by atoms with Crippen molar-refractivity contribution in [1.29, 1.82) is 0 Å². The Hall–Kier alpha value is -2.43. The summed E-state index contributed by atoms with van der Waals surface area (Å²) in [5.41, 5.74) is 4.53. The highest BCUT2D eigenvalue weighted by Gasteiger charge is 2.17. The Bertz CT molecular complexity index is 901. The lowest BCUT2D eigenvalue weighted by Crippen LogP contribution is -2.45. The molecule has 26 heavy (non-hydrogen) atoms. The maximum absolute atomic E-state index is 9.88. The quantitative estimate of drug-likeness (QED) is 0.783. The second-order valence-electron chi connectivity index (χ2n) is 7.20. The van der Waals surface area contributed by atoms with Crippen molar-refractivity contribution in [2.75, 3.05) is 26.2 Å². The molecular formula is C22H25N3O. The minimum absolute atomic E-state index is 0.395. The van der Waals surface area contributed by atoms with Crippen LogP contribution in [0.5, 0.6) is 5.75 Å².